The Hall–Kier alpha value is -3.32. The standard InChI is InChI=1S/C30H36N4O3/c1-37-25-8-9-26-23(16-25)17-27(31-26)29(36)33-20-24(19-32-14-12-30(13-15-32)10-5-11-30)34(28(35)21-33)18-22-6-3-2-4-7-22/h2-4,6-9,16-17,24,31H,5,10-15,18-21H2,1H3/t24-/m0/s1. The zero-order valence-electron chi connectivity index (χ0n) is 21.6. The van der Waals surface area contributed by atoms with Crippen LogP contribution in [0.2, 0.25) is 0 Å². The summed E-state index contributed by atoms with van der Waals surface area (Å²) in [5.74, 6) is 0.638. The number of amides is 2. The molecule has 1 spiro atoms. The first kappa shape index (κ1) is 24.0. The molecule has 37 heavy (non-hydrogen) atoms. The van der Waals surface area contributed by atoms with Crippen molar-refractivity contribution in [2.75, 3.05) is 39.8 Å². The predicted octanol–water partition coefficient (Wildman–Crippen LogP) is 4.30. The molecular weight excluding hydrogens is 464 g/mol. The second kappa shape index (κ2) is 9.86. The van der Waals surface area contributed by atoms with Gasteiger partial charge >= 0.3 is 0 Å². The number of fused-ring (bicyclic) bond motifs is 1. The first-order valence-corrected chi connectivity index (χ1v) is 13.5. The van der Waals surface area contributed by atoms with Crippen LogP contribution in [0.1, 0.15) is 48.2 Å². The number of ether oxygens (including phenoxy) is 1. The third-order valence-corrected chi connectivity index (χ3v) is 8.86. The molecule has 3 aliphatic rings. The Bertz CT molecular complexity index is 1270. The van der Waals surface area contributed by atoms with Gasteiger partial charge in [-0.3, -0.25) is 9.59 Å². The van der Waals surface area contributed by atoms with Crippen molar-refractivity contribution in [2.45, 2.75) is 44.7 Å². The van der Waals surface area contributed by atoms with Crippen molar-refractivity contribution in [1.82, 2.24) is 19.7 Å². The second-order valence-electron chi connectivity index (χ2n) is 11.1. The highest BCUT2D eigenvalue weighted by Crippen LogP contribution is 2.48. The van der Waals surface area contributed by atoms with Crippen LogP contribution in [0, 0.1) is 5.41 Å². The molecule has 3 fully saturated rings. The molecule has 0 bridgehead atoms. The largest absolute Gasteiger partial charge is 0.497 e. The summed E-state index contributed by atoms with van der Waals surface area (Å²) >= 11 is 0. The summed E-state index contributed by atoms with van der Waals surface area (Å²) in [5.41, 5.74) is 3.10. The summed E-state index contributed by atoms with van der Waals surface area (Å²) in [6.45, 7) is 4.20. The molecule has 6 rings (SSSR count). The monoisotopic (exact) mass is 500 g/mol. The maximum Gasteiger partial charge on any atom is 0.270 e. The van der Waals surface area contributed by atoms with Crippen LogP contribution in [0.25, 0.3) is 10.9 Å². The average Bonchev–Trinajstić information content (AvgIpc) is 3.33. The molecule has 0 unspecified atom stereocenters. The molecule has 1 atom stereocenters. The Balaban J connectivity index is 1.21. The molecule has 1 aromatic heterocycles. The van der Waals surface area contributed by atoms with Crippen molar-refractivity contribution in [2.24, 2.45) is 5.41 Å². The number of carbonyl (C=O) groups excluding carboxylic acids is 2. The third kappa shape index (κ3) is 4.85. The summed E-state index contributed by atoms with van der Waals surface area (Å²) in [6, 6.07) is 17.7. The van der Waals surface area contributed by atoms with Crippen LogP contribution >= 0.6 is 0 Å². The summed E-state index contributed by atoms with van der Waals surface area (Å²) in [4.78, 5) is 36.6. The molecule has 2 aromatic carbocycles. The number of piperidine rings is 1. The van der Waals surface area contributed by atoms with Crippen LogP contribution in [-0.2, 0) is 11.3 Å². The first-order valence-electron chi connectivity index (χ1n) is 13.5. The number of carbonyl (C=O) groups is 2. The number of aromatic nitrogens is 1. The van der Waals surface area contributed by atoms with Gasteiger partial charge in [0, 0.05) is 30.5 Å². The lowest BCUT2D eigenvalue weighted by molar-refractivity contribution is -0.140. The van der Waals surface area contributed by atoms with Crippen LogP contribution in [0.4, 0.5) is 0 Å². The van der Waals surface area contributed by atoms with Gasteiger partial charge in [0.15, 0.2) is 0 Å². The minimum atomic E-state index is -0.125. The van der Waals surface area contributed by atoms with Crippen molar-refractivity contribution in [3.05, 3.63) is 65.9 Å². The summed E-state index contributed by atoms with van der Waals surface area (Å²) in [7, 11) is 1.63. The Morgan fingerprint density at radius 2 is 1.84 bits per heavy atom. The Morgan fingerprint density at radius 1 is 1.05 bits per heavy atom. The quantitative estimate of drug-likeness (QED) is 0.548. The van der Waals surface area contributed by atoms with E-state index in [9.17, 15) is 9.59 Å². The zero-order valence-corrected chi connectivity index (χ0v) is 21.6. The molecule has 1 aliphatic carbocycles. The maximum atomic E-state index is 13.6. The van der Waals surface area contributed by atoms with E-state index in [4.69, 9.17) is 4.74 Å². The highest BCUT2D eigenvalue weighted by atomic mass is 16.5. The fraction of sp³-hybridized carbons (Fsp3) is 0.467. The van der Waals surface area contributed by atoms with E-state index in [0.29, 0.717) is 24.2 Å². The van der Waals surface area contributed by atoms with Gasteiger partial charge in [-0.05, 0) is 74.0 Å². The molecule has 3 heterocycles. The van der Waals surface area contributed by atoms with Crippen molar-refractivity contribution in [3.63, 3.8) is 0 Å². The molecule has 2 aliphatic heterocycles. The van der Waals surface area contributed by atoms with Gasteiger partial charge in [-0.15, -0.1) is 0 Å². The van der Waals surface area contributed by atoms with E-state index in [2.05, 4.69) is 22.0 Å². The van der Waals surface area contributed by atoms with Crippen LogP contribution in [0.5, 0.6) is 5.75 Å². The second-order valence-corrected chi connectivity index (χ2v) is 11.1. The summed E-state index contributed by atoms with van der Waals surface area (Å²) < 4.78 is 5.33. The van der Waals surface area contributed by atoms with Crippen LogP contribution < -0.4 is 4.74 Å². The van der Waals surface area contributed by atoms with Gasteiger partial charge in [-0.25, -0.2) is 0 Å². The Labute approximate surface area is 218 Å². The lowest BCUT2D eigenvalue weighted by atomic mass is 9.63. The summed E-state index contributed by atoms with van der Waals surface area (Å²) in [5, 5.41) is 0.923. The highest BCUT2D eigenvalue weighted by Gasteiger charge is 2.41. The van der Waals surface area contributed by atoms with Gasteiger partial charge in [0.25, 0.3) is 5.91 Å². The first-order chi connectivity index (χ1) is 18.0. The van der Waals surface area contributed by atoms with Gasteiger partial charge in [0.1, 0.15) is 18.0 Å². The van der Waals surface area contributed by atoms with E-state index in [-0.39, 0.29) is 24.4 Å². The normalized spacial score (nSPS) is 21.9. The lowest BCUT2D eigenvalue weighted by Gasteiger charge is -2.49. The third-order valence-electron chi connectivity index (χ3n) is 8.86. The number of piperazine rings is 1. The number of aromatic amines is 1. The molecule has 7 heteroatoms. The van der Waals surface area contributed by atoms with E-state index < -0.39 is 0 Å². The predicted molar refractivity (Wildman–Crippen MR) is 143 cm³/mol. The van der Waals surface area contributed by atoms with Gasteiger partial charge in [0.05, 0.1) is 13.2 Å². The molecule has 2 amide bonds. The van der Waals surface area contributed by atoms with E-state index in [1.54, 1.807) is 12.0 Å². The Kier molecular flexibility index (Phi) is 6.41. The lowest BCUT2D eigenvalue weighted by Crippen LogP contribution is -2.61. The SMILES string of the molecule is COc1ccc2[nH]c(C(=O)N3CC(=O)N(Cc4ccccc4)[C@@H](CN4CCC5(CCC5)CC4)C3)cc2c1. The van der Waals surface area contributed by atoms with Crippen molar-refractivity contribution < 1.29 is 14.3 Å². The number of H-pyrrole nitrogens is 1. The molecule has 194 valence electrons. The minimum absolute atomic E-state index is 0.0127. The number of nitrogens with zero attached hydrogens (tertiary/aromatic N) is 3. The van der Waals surface area contributed by atoms with Gasteiger partial charge in [0.2, 0.25) is 5.91 Å². The zero-order chi connectivity index (χ0) is 25.4. The fourth-order valence-corrected chi connectivity index (χ4v) is 6.39. The summed E-state index contributed by atoms with van der Waals surface area (Å²) in [6.07, 6.45) is 6.64. The van der Waals surface area contributed by atoms with E-state index in [1.165, 1.54) is 32.1 Å². The van der Waals surface area contributed by atoms with E-state index in [0.717, 1.165) is 41.9 Å². The van der Waals surface area contributed by atoms with Crippen molar-refractivity contribution in [1.29, 1.82) is 0 Å². The van der Waals surface area contributed by atoms with Gasteiger partial charge < -0.3 is 24.4 Å². The minimum Gasteiger partial charge on any atom is -0.497 e. The number of hydrogen-bond acceptors (Lipinski definition) is 4. The topological polar surface area (TPSA) is 68.9 Å². The van der Waals surface area contributed by atoms with E-state index >= 15 is 0 Å². The molecule has 1 saturated carbocycles. The Morgan fingerprint density at radius 3 is 2.54 bits per heavy atom. The molecule has 2 saturated heterocycles. The number of nitrogens with one attached hydrogen (secondary N) is 1. The average molecular weight is 501 g/mol. The molecule has 3 aromatic rings. The molecular formula is C30H36N4O3. The van der Waals surface area contributed by atoms with Crippen LogP contribution in [0.3, 0.4) is 0 Å². The fourth-order valence-electron chi connectivity index (χ4n) is 6.39. The molecule has 7 nitrogen and oxygen atoms in total. The number of rotatable bonds is 6. The van der Waals surface area contributed by atoms with Gasteiger partial charge in [-0.2, -0.15) is 0 Å². The van der Waals surface area contributed by atoms with E-state index in [1.807, 2.05) is 47.4 Å². The number of methoxy groups -OCH3 is 1. The highest BCUT2D eigenvalue weighted by molar-refractivity contribution is 6.00. The number of benzene rings is 2. The van der Waals surface area contributed by atoms with Crippen molar-refractivity contribution >= 4 is 22.7 Å². The van der Waals surface area contributed by atoms with Crippen molar-refractivity contribution in [3.8, 4) is 5.75 Å². The molecule has 1 N–H and O–H groups in total. The number of hydrogen-bond donors (Lipinski definition) is 1. The van der Waals surface area contributed by atoms with Gasteiger partial charge in [-0.1, -0.05) is 36.8 Å². The van der Waals surface area contributed by atoms with Crippen LogP contribution in [-0.4, -0.2) is 77.4 Å². The maximum absolute atomic E-state index is 13.6. The number of likely N-dealkylation sites (tertiary alicyclic amines) is 1. The van der Waals surface area contributed by atoms with Crippen LogP contribution in [0.15, 0.2) is 54.6 Å². The smallest absolute Gasteiger partial charge is 0.270 e. The molecule has 0 radical (unpaired) electrons.